The van der Waals surface area contributed by atoms with Gasteiger partial charge in [0.1, 0.15) is 24.7 Å². The van der Waals surface area contributed by atoms with Crippen LogP contribution in [0.4, 0.5) is 20.6 Å². The summed E-state index contributed by atoms with van der Waals surface area (Å²) in [4.78, 5) is 66.0. The van der Waals surface area contributed by atoms with Crippen LogP contribution in [0.3, 0.4) is 0 Å². The van der Waals surface area contributed by atoms with E-state index in [-0.39, 0.29) is 40.4 Å². The molecule has 17 heteroatoms. The molecule has 5 atom stereocenters. The summed E-state index contributed by atoms with van der Waals surface area (Å²) in [5.74, 6) is -2.19. The van der Waals surface area contributed by atoms with Crippen LogP contribution in [0.2, 0.25) is 0 Å². The number of hydrogen-bond acceptors (Lipinski definition) is 11. The zero-order chi connectivity index (χ0) is 34.0. The second kappa shape index (κ2) is 13.8. The summed E-state index contributed by atoms with van der Waals surface area (Å²) >= 11 is 1.09. The maximum absolute atomic E-state index is 15.9. The first-order chi connectivity index (χ1) is 22.3. The predicted octanol–water partition coefficient (Wildman–Crippen LogP) is 3.88. The minimum absolute atomic E-state index is 0.0177. The Hall–Kier alpha value is -4.90. The van der Waals surface area contributed by atoms with Crippen LogP contribution >= 0.6 is 11.8 Å². The van der Waals surface area contributed by atoms with E-state index >= 15 is 4.39 Å². The van der Waals surface area contributed by atoms with E-state index in [0.717, 1.165) is 16.7 Å². The molecule has 2 amide bonds. The van der Waals surface area contributed by atoms with Crippen molar-refractivity contribution in [3.8, 4) is 0 Å². The van der Waals surface area contributed by atoms with Crippen LogP contribution in [-0.2, 0) is 32.3 Å². The number of aliphatic hydroxyl groups excluding tert-OH is 1. The molecule has 0 bridgehead atoms. The maximum atomic E-state index is 15.9. The number of alkyl halides is 1. The Morgan fingerprint density at radius 1 is 1.04 bits per heavy atom. The van der Waals surface area contributed by atoms with Crippen LogP contribution in [0.15, 0.2) is 64.1 Å². The van der Waals surface area contributed by atoms with Crippen LogP contribution < -0.4 is 0 Å². The number of ether oxygens (including phenoxy) is 2. The van der Waals surface area contributed by atoms with Gasteiger partial charge in [-0.1, -0.05) is 0 Å². The number of non-ortho nitro benzene ring substituents is 2. The zero-order valence-electron chi connectivity index (χ0n) is 25.2. The van der Waals surface area contributed by atoms with Gasteiger partial charge in [-0.05, 0) is 55.7 Å². The third kappa shape index (κ3) is 7.10. The summed E-state index contributed by atoms with van der Waals surface area (Å²) in [7, 11) is 0. The average molecular weight is 672 g/mol. The van der Waals surface area contributed by atoms with E-state index in [1.807, 2.05) is 0 Å². The number of benzene rings is 2. The summed E-state index contributed by atoms with van der Waals surface area (Å²) in [6, 6.07) is 9.85. The van der Waals surface area contributed by atoms with Crippen LogP contribution in [0.5, 0.6) is 0 Å². The Labute approximate surface area is 271 Å². The first kappa shape index (κ1) is 33.5. The molecule has 0 saturated carbocycles. The highest BCUT2D eigenvalue weighted by Crippen LogP contribution is 2.50. The van der Waals surface area contributed by atoms with Crippen molar-refractivity contribution < 1.29 is 43.2 Å². The topological polar surface area (TPSA) is 195 Å². The van der Waals surface area contributed by atoms with Gasteiger partial charge < -0.3 is 19.5 Å². The second-order valence-corrected chi connectivity index (χ2v) is 12.5. The molecule has 5 rings (SSSR count). The molecule has 248 valence electrons. The summed E-state index contributed by atoms with van der Waals surface area (Å²) in [5.41, 5.74) is 0.543. The van der Waals surface area contributed by atoms with E-state index in [1.54, 1.807) is 11.8 Å². The lowest BCUT2D eigenvalue weighted by Crippen LogP contribution is -2.64. The van der Waals surface area contributed by atoms with Crippen molar-refractivity contribution in [3.63, 3.8) is 0 Å². The molecular weight excluding hydrogens is 641 g/mol. The van der Waals surface area contributed by atoms with Crippen molar-refractivity contribution in [3.05, 3.63) is 90.5 Å². The monoisotopic (exact) mass is 671 g/mol. The highest BCUT2D eigenvalue weighted by atomic mass is 32.2. The predicted molar refractivity (Wildman–Crippen MR) is 165 cm³/mol. The summed E-state index contributed by atoms with van der Waals surface area (Å²) < 4.78 is 26.5. The molecule has 2 aromatic carbocycles. The maximum Gasteiger partial charge on any atom is 0.435 e. The van der Waals surface area contributed by atoms with Gasteiger partial charge in [-0.2, -0.15) is 4.99 Å². The van der Waals surface area contributed by atoms with E-state index in [1.165, 1.54) is 55.5 Å². The lowest BCUT2D eigenvalue weighted by molar-refractivity contribution is -0.385. The normalized spacial score (nSPS) is 22.9. The zero-order valence-corrected chi connectivity index (χ0v) is 26.0. The molecule has 15 nitrogen and oxygen atoms in total. The van der Waals surface area contributed by atoms with E-state index in [9.17, 15) is 39.7 Å². The Balaban J connectivity index is 1.24. The SMILES string of the molecule is CC(=NC(=O)OCc1ccc([N+](=O)[O-])cc1)N1CC[C@H](SC2=C(C(=O)OCc3ccc([N+](=O)[O-])cc3)N3C(=O)[C@H]([C@@H](C)O)[C@@H]3C2F)C1. The molecule has 3 aliphatic heterocycles. The lowest BCUT2D eigenvalue weighted by atomic mass is 9.83. The number of carbonyl (C=O) groups excluding carboxylic acids is 3. The van der Waals surface area contributed by atoms with Gasteiger partial charge in [-0.25, -0.2) is 14.0 Å². The largest absolute Gasteiger partial charge is 0.456 e. The van der Waals surface area contributed by atoms with Crippen molar-refractivity contribution in [2.45, 2.75) is 57.0 Å². The van der Waals surface area contributed by atoms with Gasteiger partial charge in [0, 0.05) is 42.6 Å². The number of fused-ring (bicyclic) bond motifs is 1. The number of thioether (sulfide) groups is 1. The molecule has 3 heterocycles. The van der Waals surface area contributed by atoms with Gasteiger partial charge in [0.2, 0.25) is 5.91 Å². The highest BCUT2D eigenvalue weighted by molar-refractivity contribution is 8.03. The van der Waals surface area contributed by atoms with Crippen LogP contribution in [-0.4, -0.2) is 85.2 Å². The van der Waals surface area contributed by atoms with Gasteiger partial charge in [-0.15, -0.1) is 11.8 Å². The number of nitro groups is 2. The van der Waals surface area contributed by atoms with Gasteiger partial charge in [0.15, 0.2) is 6.17 Å². The quantitative estimate of drug-likeness (QED) is 0.0958. The number of esters is 1. The first-order valence-electron chi connectivity index (χ1n) is 14.5. The van der Waals surface area contributed by atoms with Crippen molar-refractivity contribution >= 4 is 46.9 Å². The third-order valence-electron chi connectivity index (χ3n) is 8.10. The fourth-order valence-electron chi connectivity index (χ4n) is 5.64. The van der Waals surface area contributed by atoms with E-state index in [2.05, 4.69) is 4.99 Å². The number of halogens is 1. The number of carbonyl (C=O) groups is 3. The van der Waals surface area contributed by atoms with Gasteiger partial charge in [0.05, 0.1) is 32.8 Å². The molecule has 0 spiro atoms. The standard InChI is InChI=1S/C30H30FN5O10S/c1-16(37)23-25-24(31)27(26(34(25)28(23)38)29(39)45-14-18-3-7-20(8-4-18)35(41)42)47-22-11-12-33(13-22)17(2)32-30(40)46-15-19-5-9-21(10-6-19)36(43)44/h3-10,16,22-25,37H,11-15H2,1-2H3/t16-,22+,23-,24?,25-/m1/s1. The minimum Gasteiger partial charge on any atom is -0.456 e. The smallest absolute Gasteiger partial charge is 0.435 e. The number of nitrogens with zero attached hydrogens (tertiary/aromatic N) is 5. The molecule has 0 aliphatic carbocycles. The fraction of sp³-hybridized carbons (Fsp3) is 0.400. The molecule has 47 heavy (non-hydrogen) atoms. The molecule has 3 aliphatic rings. The van der Waals surface area contributed by atoms with Crippen molar-refractivity contribution in [2.75, 3.05) is 13.1 Å². The van der Waals surface area contributed by atoms with Gasteiger partial charge in [-0.3, -0.25) is 29.9 Å². The minimum atomic E-state index is -1.74. The lowest BCUT2D eigenvalue weighted by Gasteiger charge is -2.45. The molecule has 1 unspecified atom stereocenters. The Morgan fingerprint density at radius 2 is 1.60 bits per heavy atom. The average Bonchev–Trinajstić information content (AvgIpc) is 3.60. The summed E-state index contributed by atoms with van der Waals surface area (Å²) in [6.07, 6.45) is -3.19. The third-order valence-corrected chi connectivity index (χ3v) is 9.49. The van der Waals surface area contributed by atoms with Crippen molar-refractivity contribution in [1.29, 1.82) is 0 Å². The Kier molecular flexibility index (Phi) is 9.85. The summed E-state index contributed by atoms with van der Waals surface area (Å²) in [5, 5.41) is 31.6. The number of rotatable bonds is 10. The number of likely N-dealkylation sites (tertiary alicyclic amines) is 1. The van der Waals surface area contributed by atoms with Crippen molar-refractivity contribution in [2.24, 2.45) is 10.9 Å². The molecule has 2 fully saturated rings. The molecular formula is C30H30FN5O10S. The van der Waals surface area contributed by atoms with E-state index in [4.69, 9.17) is 9.47 Å². The van der Waals surface area contributed by atoms with Gasteiger partial charge >= 0.3 is 12.1 Å². The number of aliphatic hydroxyl groups is 1. The highest BCUT2D eigenvalue weighted by Gasteiger charge is 2.62. The number of amidine groups is 1. The van der Waals surface area contributed by atoms with E-state index < -0.39 is 52.1 Å². The molecule has 0 aromatic heterocycles. The Morgan fingerprint density at radius 3 is 2.13 bits per heavy atom. The van der Waals surface area contributed by atoms with Gasteiger partial charge in [0.25, 0.3) is 11.4 Å². The number of hydrogen-bond donors (Lipinski definition) is 1. The number of β-lactam (4-membered cyclic amide) rings is 1. The van der Waals surface area contributed by atoms with Crippen molar-refractivity contribution in [1.82, 2.24) is 9.80 Å². The number of aliphatic imine (C=N–C) groups is 1. The fourth-order valence-corrected chi connectivity index (χ4v) is 7.04. The molecule has 2 aromatic rings. The number of amides is 2. The molecule has 1 N–H and O–H groups in total. The second-order valence-electron chi connectivity index (χ2n) is 11.2. The summed E-state index contributed by atoms with van der Waals surface area (Å²) in [6.45, 7) is 3.41. The number of nitro benzene ring substituents is 2. The Bertz CT molecular complexity index is 1650. The molecule has 2 saturated heterocycles. The van der Waals surface area contributed by atoms with Crippen LogP contribution in [0.1, 0.15) is 31.4 Å². The molecule has 0 radical (unpaired) electrons. The van der Waals surface area contributed by atoms with E-state index in [0.29, 0.717) is 36.5 Å². The van der Waals surface area contributed by atoms with Crippen LogP contribution in [0.25, 0.3) is 0 Å². The first-order valence-corrected chi connectivity index (χ1v) is 15.4. The van der Waals surface area contributed by atoms with Crippen LogP contribution in [0, 0.1) is 26.1 Å².